The van der Waals surface area contributed by atoms with Crippen LogP contribution >= 0.6 is 0 Å². The number of nitrogens with one attached hydrogen (secondary N) is 2. The number of halogens is 1. The first-order chi connectivity index (χ1) is 14.5. The third-order valence-corrected chi connectivity index (χ3v) is 6.75. The lowest BCUT2D eigenvalue weighted by Crippen LogP contribution is -2.51. The minimum absolute atomic E-state index is 0.0567. The lowest BCUT2D eigenvalue weighted by atomic mass is 10.1. The first-order valence-electron chi connectivity index (χ1n) is 10.3. The highest BCUT2D eigenvalue weighted by molar-refractivity contribution is 7.91. The first-order valence-corrected chi connectivity index (χ1v) is 12.0. The van der Waals surface area contributed by atoms with E-state index in [4.69, 9.17) is 0 Å². The maximum Gasteiger partial charge on any atom is 0.191 e. The molecule has 0 radical (unpaired) electrons. The van der Waals surface area contributed by atoms with Gasteiger partial charge >= 0.3 is 0 Å². The first kappa shape index (κ1) is 22.1. The molecular formula is C22H29FN4O2S. The van der Waals surface area contributed by atoms with E-state index in [1.165, 1.54) is 23.9 Å². The van der Waals surface area contributed by atoms with E-state index in [1.54, 1.807) is 0 Å². The third kappa shape index (κ3) is 5.95. The van der Waals surface area contributed by atoms with Gasteiger partial charge in [-0.3, -0.25) is 4.99 Å². The van der Waals surface area contributed by atoms with Gasteiger partial charge in [0.05, 0.1) is 12.3 Å². The van der Waals surface area contributed by atoms with E-state index in [9.17, 15) is 12.8 Å². The fraction of sp³-hybridized carbons (Fsp3) is 0.409. The Hall–Kier alpha value is -2.61. The summed E-state index contributed by atoms with van der Waals surface area (Å²) in [6, 6.07) is 15.9. The minimum atomic E-state index is -3.73. The highest BCUT2D eigenvalue weighted by atomic mass is 32.2. The van der Waals surface area contributed by atoms with Crippen molar-refractivity contribution >= 4 is 21.5 Å². The van der Waals surface area contributed by atoms with E-state index in [0.29, 0.717) is 12.5 Å². The molecule has 30 heavy (non-hydrogen) atoms. The van der Waals surface area contributed by atoms with Crippen molar-refractivity contribution in [3.63, 3.8) is 0 Å². The number of sulfone groups is 1. The molecule has 1 unspecified atom stereocenters. The maximum atomic E-state index is 13.8. The average molecular weight is 433 g/mol. The molecule has 0 aliphatic carbocycles. The SMILES string of the molecule is CCNC(=NCCS(=O)(=O)c1ccccc1F)NC1CCCN(c2ccccc2)C1. The number of piperidine rings is 1. The number of hydrogen-bond acceptors (Lipinski definition) is 4. The van der Waals surface area contributed by atoms with Crippen molar-refractivity contribution in [1.29, 1.82) is 0 Å². The molecular weight excluding hydrogens is 403 g/mol. The van der Waals surface area contributed by atoms with Crippen molar-refractivity contribution < 1.29 is 12.8 Å². The summed E-state index contributed by atoms with van der Waals surface area (Å²) < 4.78 is 38.7. The van der Waals surface area contributed by atoms with Crippen LogP contribution in [0.4, 0.5) is 10.1 Å². The van der Waals surface area contributed by atoms with Gasteiger partial charge in [0.1, 0.15) is 10.7 Å². The smallest absolute Gasteiger partial charge is 0.191 e. The average Bonchev–Trinajstić information content (AvgIpc) is 2.75. The van der Waals surface area contributed by atoms with Crippen molar-refractivity contribution in [3.8, 4) is 0 Å². The Morgan fingerprint density at radius 3 is 2.63 bits per heavy atom. The molecule has 0 saturated carbocycles. The zero-order valence-electron chi connectivity index (χ0n) is 17.2. The molecule has 2 aromatic rings. The van der Waals surface area contributed by atoms with E-state index >= 15 is 0 Å². The number of benzene rings is 2. The van der Waals surface area contributed by atoms with E-state index < -0.39 is 15.7 Å². The monoisotopic (exact) mass is 432 g/mol. The van der Waals surface area contributed by atoms with Crippen LogP contribution in [0.3, 0.4) is 0 Å². The summed E-state index contributed by atoms with van der Waals surface area (Å²) in [6.45, 7) is 4.55. The maximum absolute atomic E-state index is 13.8. The summed E-state index contributed by atoms with van der Waals surface area (Å²) in [5, 5.41) is 6.60. The molecule has 8 heteroatoms. The van der Waals surface area contributed by atoms with Crippen LogP contribution in [0, 0.1) is 5.82 Å². The van der Waals surface area contributed by atoms with Gasteiger partial charge in [-0.1, -0.05) is 30.3 Å². The summed E-state index contributed by atoms with van der Waals surface area (Å²) >= 11 is 0. The van der Waals surface area contributed by atoms with Crippen LogP contribution < -0.4 is 15.5 Å². The Labute approximate surface area is 178 Å². The van der Waals surface area contributed by atoms with Crippen LogP contribution in [0.1, 0.15) is 19.8 Å². The summed E-state index contributed by atoms with van der Waals surface area (Å²) in [6.07, 6.45) is 2.08. The van der Waals surface area contributed by atoms with Gasteiger partial charge in [0.15, 0.2) is 15.8 Å². The molecule has 6 nitrogen and oxygen atoms in total. The van der Waals surface area contributed by atoms with Crippen molar-refractivity contribution in [2.75, 3.05) is 36.8 Å². The predicted molar refractivity (Wildman–Crippen MR) is 119 cm³/mol. The third-order valence-electron chi connectivity index (χ3n) is 5.03. The molecule has 0 amide bonds. The van der Waals surface area contributed by atoms with Gasteiger partial charge in [-0.2, -0.15) is 0 Å². The topological polar surface area (TPSA) is 73.8 Å². The van der Waals surface area contributed by atoms with Crippen LogP contribution in [-0.2, 0) is 9.84 Å². The standard InChI is InChI=1S/C22H29FN4O2S/c1-2-24-22(25-14-16-30(28,29)21-13-7-6-12-20(21)23)26-18-9-8-15-27(17-18)19-10-4-3-5-11-19/h3-7,10-13,18H,2,8-9,14-17H2,1H3,(H2,24,25,26). The lowest BCUT2D eigenvalue weighted by Gasteiger charge is -2.35. The predicted octanol–water partition coefficient (Wildman–Crippen LogP) is 2.82. The molecule has 1 fully saturated rings. The number of guanidine groups is 1. The molecule has 162 valence electrons. The molecule has 1 heterocycles. The van der Waals surface area contributed by atoms with Crippen LogP contribution in [0.25, 0.3) is 0 Å². The second-order valence-electron chi connectivity index (χ2n) is 7.28. The normalized spacial score (nSPS) is 17.6. The van der Waals surface area contributed by atoms with E-state index in [2.05, 4.69) is 32.7 Å². The Morgan fingerprint density at radius 1 is 1.17 bits per heavy atom. The molecule has 2 aromatic carbocycles. The molecule has 1 atom stereocenters. The summed E-state index contributed by atoms with van der Waals surface area (Å²) in [5.41, 5.74) is 1.20. The fourth-order valence-corrected chi connectivity index (χ4v) is 4.77. The Bertz CT molecular complexity index is 951. The molecule has 1 saturated heterocycles. The number of nitrogens with zero attached hydrogens (tertiary/aromatic N) is 2. The Morgan fingerprint density at radius 2 is 1.90 bits per heavy atom. The highest BCUT2D eigenvalue weighted by Crippen LogP contribution is 2.19. The summed E-state index contributed by atoms with van der Waals surface area (Å²) in [7, 11) is -3.73. The molecule has 0 bridgehead atoms. The molecule has 1 aliphatic heterocycles. The van der Waals surface area contributed by atoms with Crippen molar-refractivity contribution in [1.82, 2.24) is 10.6 Å². The van der Waals surface area contributed by atoms with Gasteiger partial charge in [0.25, 0.3) is 0 Å². The van der Waals surface area contributed by atoms with E-state index in [-0.39, 0.29) is 23.2 Å². The lowest BCUT2D eigenvalue weighted by molar-refractivity contribution is 0.468. The largest absolute Gasteiger partial charge is 0.369 e. The minimum Gasteiger partial charge on any atom is -0.369 e. The number of rotatable bonds is 7. The summed E-state index contributed by atoms with van der Waals surface area (Å²) in [5.74, 6) is -0.387. The van der Waals surface area contributed by atoms with Crippen LogP contribution in [0.2, 0.25) is 0 Å². The second-order valence-corrected chi connectivity index (χ2v) is 9.35. The van der Waals surface area contributed by atoms with Gasteiger partial charge in [-0.15, -0.1) is 0 Å². The van der Waals surface area contributed by atoms with Crippen LogP contribution in [-0.4, -0.2) is 52.4 Å². The van der Waals surface area contributed by atoms with Crippen LogP contribution in [0.5, 0.6) is 0 Å². The molecule has 1 aliphatic rings. The molecule has 0 spiro atoms. The molecule has 3 rings (SSSR count). The number of hydrogen-bond donors (Lipinski definition) is 2. The van der Waals surface area contributed by atoms with Crippen molar-refractivity contribution in [2.45, 2.75) is 30.7 Å². The zero-order chi connectivity index (χ0) is 21.4. The van der Waals surface area contributed by atoms with Crippen molar-refractivity contribution in [2.24, 2.45) is 4.99 Å². The fourth-order valence-electron chi connectivity index (χ4n) is 3.57. The molecule has 2 N–H and O–H groups in total. The van der Waals surface area contributed by atoms with Gasteiger partial charge in [0.2, 0.25) is 0 Å². The van der Waals surface area contributed by atoms with E-state index in [0.717, 1.165) is 32.0 Å². The quantitative estimate of drug-likeness (QED) is 0.520. The molecule has 0 aromatic heterocycles. The Kier molecular flexibility index (Phi) is 7.68. The van der Waals surface area contributed by atoms with Crippen molar-refractivity contribution in [3.05, 3.63) is 60.4 Å². The van der Waals surface area contributed by atoms with Gasteiger partial charge in [0, 0.05) is 31.4 Å². The van der Waals surface area contributed by atoms with E-state index in [1.807, 2.05) is 25.1 Å². The number of para-hydroxylation sites is 1. The Balaban J connectivity index is 1.61. The number of anilines is 1. The van der Waals surface area contributed by atoms with Crippen LogP contribution in [0.15, 0.2) is 64.5 Å². The second kappa shape index (κ2) is 10.4. The zero-order valence-corrected chi connectivity index (χ0v) is 18.0. The van der Waals surface area contributed by atoms with Gasteiger partial charge in [-0.25, -0.2) is 12.8 Å². The number of aliphatic imine (C=N–C) groups is 1. The van der Waals surface area contributed by atoms with Gasteiger partial charge < -0.3 is 15.5 Å². The van der Waals surface area contributed by atoms with Gasteiger partial charge in [-0.05, 0) is 44.0 Å². The summed E-state index contributed by atoms with van der Waals surface area (Å²) in [4.78, 5) is 6.49. The highest BCUT2D eigenvalue weighted by Gasteiger charge is 2.21.